The van der Waals surface area contributed by atoms with E-state index in [1.54, 1.807) is 4.90 Å². The topological polar surface area (TPSA) is 71.6 Å². The average Bonchev–Trinajstić information content (AvgIpc) is 3.22. The summed E-state index contributed by atoms with van der Waals surface area (Å²) < 4.78 is 15.8. The predicted molar refractivity (Wildman–Crippen MR) is 106 cm³/mol. The zero-order valence-electron chi connectivity index (χ0n) is 17.0. The van der Waals surface area contributed by atoms with Crippen molar-refractivity contribution < 1.29 is 23.8 Å². The molecule has 1 aromatic rings. The first-order valence-electron chi connectivity index (χ1n) is 10.5. The van der Waals surface area contributed by atoms with Crippen LogP contribution in [0.1, 0.15) is 25.3 Å². The largest absolute Gasteiger partial charge is 0.454 e. The third-order valence-electron chi connectivity index (χ3n) is 5.90. The predicted octanol–water partition coefficient (Wildman–Crippen LogP) is 1.72. The summed E-state index contributed by atoms with van der Waals surface area (Å²) in [6.07, 6.45) is 2.25. The van der Waals surface area contributed by atoms with Crippen molar-refractivity contribution >= 4 is 12.0 Å². The van der Waals surface area contributed by atoms with E-state index in [0.29, 0.717) is 37.9 Å². The fourth-order valence-corrected chi connectivity index (χ4v) is 4.30. The molecule has 8 nitrogen and oxygen atoms in total. The number of piperazine rings is 1. The zero-order chi connectivity index (χ0) is 20.2. The summed E-state index contributed by atoms with van der Waals surface area (Å²) >= 11 is 0. The molecule has 1 aromatic carbocycles. The minimum Gasteiger partial charge on any atom is -0.454 e. The average molecular weight is 403 g/mol. The summed E-state index contributed by atoms with van der Waals surface area (Å²) in [6.45, 7) is 7.05. The van der Waals surface area contributed by atoms with Gasteiger partial charge in [0.05, 0.1) is 13.0 Å². The Kier molecular flexibility index (Phi) is 6.08. The summed E-state index contributed by atoms with van der Waals surface area (Å²) in [5.41, 5.74) is 0.949. The van der Waals surface area contributed by atoms with Crippen LogP contribution in [0, 0.1) is 0 Å². The number of rotatable bonds is 4. The lowest BCUT2D eigenvalue weighted by molar-refractivity contribution is -0.132. The van der Waals surface area contributed by atoms with Gasteiger partial charge in [-0.25, -0.2) is 4.79 Å². The molecule has 2 saturated heterocycles. The van der Waals surface area contributed by atoms with Gasteiger partial charge in [-0.15, -0.1) is 0 Å². The third kappa shape index (κ3) is 4.58. The highest BCUT2D eigenvalue weighted by Gasteiger charge is 2.31. The zero-order valence-corrected chi connectivity index (χ0v) is 17.0. The number of carbonyl (C=O) groups excluding carboxylic acids is 2. The third-order valence-corrected chi connectivity index (χ3v) is 5.90. The van der Waals surface area contributed by atoms with E-state index in [1.165, 1.54) is 0 Å². The Morgan fingerprint density at radius 3 is 2.66 bits per heavy atom. The summed E-state index contributed by atoms with van der Waals surface area (Å²) in [5.74, 6) is 1.60. The molecule has 2 fully saturated rings. The van der Waals surface area contributed by atoms with E-state index in [2.05, 4.69) is 4.90 Å². The number of nitrogens with zero attached hydrogens (tertiary/aromatic N) is 3. The van der Waals surface area contributed by atoms with Crippen molar-refractivity contribution in [3.05, 3.63) is 23.8 Å². The van der Waals surface area contributed by atoms with Crippen molar-refractivity contribution in [2.75, 3.05) is 52.7 Å². The molecule has 4 rings (SSSR count). The molecule has 0 unspecified atom stereocenters. The molecule has 2 amide bonds. The molecular weight excluding hydrogens is 374 g/mol. The number of hydrogen-bond acceptors (Lipinski definition) is 6. The van der Waals surface area contributed by atoms with Crippen LogP contribution in [-0.2, 0) is 16.0 Å². The Morgan fingerprint density at radius 2 is 1.86 bits per heavy atom. The lowest BCUT2D eigenvalue weighted by atomic mass is 10.0. The van der Waals surface area contributed by atoms with Gasteiger partial charge in [-0.3, -0.25) is 9.69 Å². The Hall–Kier alpha value is -2.48. The molecule has 3 heterocycles. The molecule has 3 aliphatic heterocycles. The number of ether oxygens (including phenoxy) is 3. The van der Waals surface area contributed by atoms with E-state index in [1.807, 2.05) is 30.0 Å². The summed E-state index contributed by atoms with van der Waals surface area (Å²) in [7, 11) is 0. The second kappa shape index (κ2) is 8.90. The molecule has 0 saturated carbocycles. The standard InChI is InChI=1S/C21H29N3O5/c1-2-27-21(26)23-10-8-22(9-11-23)17-4-3-7-24(14-17)20(25)13-16-5-6-18-19(12-16)29-15-28-18/h5-6,12,17H,2-4,7-11,13-15H2,1H3/t17-/m0/s1. The maximum absolute atomic E-state index is 12.9. The number of carbonyl (C=O) groups is 2. The first-order chi connectivity index (χ1) is 14.1. The smallest absolute Gasteiger partial charge is 0.409 e. The van der Waals surface area contributed by atoms with Crippen molar-refractivity contribution in [1.29, 1.82) is 0 Å². The van der Waals surface area contributed by atoms with Gasteiger partial charge in [0.25, 0.3) is 0 Å². The number of hydrogen-bond donors (Lipinski definition) is 0. The van der Waals surface area contributed by atoms with Gasteiger partial charge < -0.3 is 24.0 Å². The van der Waals surface area contributed by atoms with Crippen LogP contribution in [0.15, 0.2) is 18.2 Å². The molecule has 0 bridgehead atoms. The highest BCUT2D eigenvalue weighted by Crippen LogP contribution is 2.32. The molecule has 1 atom stereocenters. The molecule has 0 aromatic heterocycles. The lowest BCUT2D eigenvalue weighted by Crippen LogP contribution is -2.56. The lowest BCUT2D eigenvalue weighted by Gasteiger charge is -2.43. The fraction of sp³-hybridized carbons (Fsp3) is 0.619. The second-order valence-electron chi connectivity index (χ2n) is 7.72. The molecule has 0 N–H and O–H groups in total. The van der Waals surface area contributed by atoms with Crippen LogP contribution < -0.4 is 9.47 Å². The summed E-state index contributed by atoms with van der Waals surface area (Å²) in [4.78, 5) is 30.9. The highest BCUT2D eigenvalue weighted by molar-refractivity contribution is 5.79. The van der Waals surface area contributed by atoms with Crippen molar-refractivity contribution in [3.63, 3.8) is 0 Å². The Morgan fingerprint density at radius 1 is 1.07 bits per heavy atom. The molecular formula is C21H29N3O5. The molecule has 8 heteroatoms. The van der Waals surface area contributed by atoms with Crippen LogP contribution in [0.2, 0.25) is 0 Å². The van der Waals surface area contributed by atoms with Gasteiger partial charge in [-0.05, 0) is 37.5 Å². The van der Waals surface area contributed by atoms with Gasteiger partial charge in [-0.2, -0.15) is 0 Å². The molecule has 0 radical (unpaired) electrons. The monoisotopic (exact) mass is 403 g/mol. The first kappa shape index (κ1) is 19.8. The maximum Gasteiger partial charge on any atom is 0.409 e. The van der Waals surface area contributed by atoms with E-state index in [4.69, 9.17) is 14.2 Å². The van der Waals surface area contributed by atoms with Crippen molar-refractivity contribution in [2.45, 2.75) is 32.2 Å². The normalized spacial score (nSPS) is 21.9. The van der Waals surface area contributed by atoms with E-state index in [-0.39, 0.29) is 18.8 Å². The Labute approximate surface area is 171 Å². The van der Waals surface area contributed by atoms with Crippen molar-refractivity contribution in [2.24, 2.45) is 0 Å². The van der Waals surface area contributed by atoms with Crippen LogP contribution in [0.4, 0.5) is 4.79 Å². The molecule has 0 aliphatic carbocycles. The first-order valence-corrected chi connectivity index (χ1v) is 10.5. The van der Waals surface area contributed by atoms with Gasteiger partial charge in [-0.1, -0.05) is 6.07 Å². The van der Waals surface area contributed by atoms with Crippen molar-refractivity contribution in [1.82, 2.24) is 14.7 Å². The second-order valence-corrected chi connectivity index (χ2v) is 7.72. The SMILES string of the molecule is CCOC(=O)N1CCN([C@H]2CCCN(C(=O)Cc3ccc4c(c3)OCO4)C2)CC1. The molecule has 29 heavy (non-hydrogen) atoms. The number of likely N-dealkylation sites (tertiary alicyclic amines) is 1. The molecule has 0 spiro atoms. The number of amides is 2. The summed E-state index contributed by atoms with van der Waals surface area (Å²) in [6, 6.07) is 6.05. The Bertz CT molecular complexity index is 748. The summed E-state index contributed by atoms with van der Waals surface area (Å²) in [5, 5.41) is 0. The van der Waals surface area contributed by atoms with Crippen LogP contribution in [0.3, 0.4) is 0 Å². The molecule has 3 aliphatic rings. The van der Waals surface area contributed by atoms with Crippen LogP contribution in [0.5, 0.6) is 11.5 Å². The van der Waals surface area contributed by atoms with Gasteiger partial charge in [0.1, 0.15) is 0 Å². The van der Waals surface area contributed by atoms with E-state index in [9.17, 15) is 9.59 Å². The quantitative estimate of drug-likeness (QED) is 0.762. The maximum atomic E-state index is 12.9. The van der Waals surface area contributed by atoms with Crippen LogP contribution >= 0.6 is 0 Å². The minimum atomic E-state index is -0.226. The number of fused-ring (bicyclic) bond motifs is 1. The highest BCUT2D eigenvalue weighted by atomic mass is 16.7. The van der Waals surface area contributed by atoms with Gasteiger partial charge in [0.15, 0.2) is 11.5 Å². The van der Waals surface area contributed by atoms with Gasteiger partial charge >= 0.3 is 6.09 Å². The van der Waals surface area contributed by atoms with Crippen LogP contribution in [0.25, 0.3) is 0 Å². The van der Waals surface area contributed by atoms with E-state index < -0.39 is 0 Å². The minimum absolute atomic E-state index is 0.152. The van der Waals surface area contributed by atoms with Gasteiger partial charge in [0, 0.05) is 45.3 Å². The van der Waals surface area contributed by atoms with Gasteiger partial charge in [0.2, 0.25) is 12.7 Å². The molecule has 158 valence electrons. The number of piperidine rings is 1. The van der Waals surface area contributed by atoms with E-state index in [0.717, 1.165) is 50.3 Å². The van der Waals surface area contributed by atoms with Crippen molar-refractivity contribution in [3.8, 4) is 11.5 Å². The Balaban J connectivity index is 1.29. The number of benzene rings is 1. The van der Waals surface area contributed by atoms with E-state index >= 15 is 0 Å². The fourth-order valence-electron chi connectivity index (χ4n) is 4.30. The van der Waals surface area contributed by atoms with Crippen LogP contribution in [-0.4, -0.2) is 85.4 Å².